The van der Waals surface area contributed by atoms with Gasteiger partial charge in [-0.25, -0.2) is 4.98 Å². The lowest BCUT2D eigenvalue weighted by Crippen LogP contribution is -2.55. The second-order valence-electron chi connectivity index (χ2n) is 11.3. The molecule has 4 heterocycles. The van der Waals surface area contributed by atoms with Crippen LogP contribution in [0.1, 0.15) is 36.0 Å². The van der Waals surface area contributed by atoms with Crippen LogP contribution in [0.25, 0.3) is 22.5 Å². The summed E-state index contributed by atoms with van der Waals surface area (Å²) in [5, 5.41) is 3.36. The molecule has 0 unspecified atom stereocenters. The molecule has 1 aromatic heterocycles. The fourth-order valence-electron chi connectivity index (χ4n) is 6.42. The molecule has 3 saturated heterocycles. The third kappa shape index (κ3) is 5.96. The molecule has 3 aliphatic heterocycles. The first-order valence-corrected chi connectivity index (χ1v) is 14.8. The zero-order valence-electron chi connectivity index (χ0n) is 23.2. The average molecular weight is 538 g/mol. The molecule has 40 heavy (non-hydrogen) atoms. The fraction of sp³-hybridized carbons (Fsp3) is 0.424. The van der Waals surface area contributed by atoms with Gasteiger partial charge < -0.3 is 15.1 Å². The van der Waals surface area contributed by atoms with Crippen LogP contribution in [0.4, 0.5) is 0 Å². The second-order valence-corrected chi connectivity index (χ2v) is 11.3. The van der Waals surface area contributed by atoms with Crippen LogP contribution < -0.4 is 5.32 Å². The zero-order valence-corrected chi connectivity index (χ0v) is 23.2. The molecule has 0 aliphatic carbocycles. The number of hydrogen-bond donors (Lipinski definition) is 1. The van der Waals surface area contributed by atoms with Gasteiger partial charge in [-0.1, -0.05) is 60.7 Å². The van der Waals surface area contributed by atoms with E-state index < -0.39 is 0 Å². The zero-order chi connectivity index (χ0) is 27.3. The van der Waals surface area contributed by atoms with Crippen molar-refractivity contribution < 1.29 is 9.59 Å². The number of hydrogen-bond acceptors (Lipinski definition) is 5. The van der Waals surface area contributed by atoms with E-state index in [4.69, 9.17) is 4.98 Å². The van der Waals surface area contributed by atoms with E-state index in [1.54, 1.807) is 0 Å². The highest BCUT2D eigenvalue weighted by atomic mass is 16.2. The highest BCUT2D eigenvalue weighted by Gasteiger charge is 2.33. The number of piperidine rings is 2. The summed E-state index contributed by atoms with van der Waals surface area (Å²) in [6.07, 6.45) is 3.98. The molecule has 0 radical (unpaired) electrons. The summed E-state index contributed by atoms with van der Waals surface area (Å²) in [7, 11) is 0. The molecule has 3 aliphatic rings. The highest BCUT2D eigenvalue weighted by Crippen LogP contribution is 2.27. The van der Waals surface area contributed by atoms with Gasteiger partial charge in [-0.05, 0) is 50.9 Å². The summed E-state index contributed by atoms with van der Waals surface area (Å²) in [5.41, 5.74) is 4.32. The van der Waals surface area contributed by atoms with Crippen molar-refractivity contribution in [3.05, 3.63) is 78.4 Å². The molecule has 6 rings (SSSR count). The van der Waals surface area contributed by atoms with Gasteiger partial charge in [0.15, 0.2) is 0 Å². The van der Waals surface area contributed by atoms with E-state index in [1.807, 2.05) is 77.7 Å². The number of rotatable bonds is 5. The number of amides is 2. The Morgan fingerprint density at radius 3 is 1.77 bits per heavy atom. The van der Waals surface area contributed by atoms with Crippen LogP contribution in [0.15, 0.2) is 72.8 Å². The molecule has 7 heteroatoms. The molecule has 7 nitrogen and oxygen atoms in total. The molecule has 1 N–H and O–H groups in total. The smallest absolute Gasteiger partial charge is 0.254 e. The summed E-state index contributed by atoms with van der Waals surface area (Å²) in [6.45, 7) is 6.81. The predicted octanol–water partition coefficient (Wildman–Crippen LogP) is 4.16. The van der Waals surface area contributed by atoms with Gasteiger partial charge in [0.1, 0.15) is 0 Å². The van der Waals surface area contributed by atoms with Gasteiger partial charge >= 0.3 is 0 Å². The number of piperazine rings is 1. The topological polar surface area (TPSA) is 68.8 Å². The van der Waals surface area contributed by atoms with Gasteiger partial charge in [0.2, 0.25) is 5.91 Å². The predicted molar refractivity (Wildman–Crippen MR) is 158 cm³/mol. The standard InChI is InChI=1S/C33H39N5O2/c39-32(27-11-15-34-16-12-27)37-17-13-29(14-18-37)36-19-21-38(22-20-36)33(40)28-23-30(25-7-3-1-4-8-25)35-31(24-28)26-9-5-2-6-10-26/h1-10,23-24,27,29,34H,11-22H2. The number of nitrogens with one attached hydrogen (secondary N) is 1. The van der Waals surface area contributed by atoms with Crippen molar-refractivity contribution >= 4 is 11.8 Å². The lowest BCUT2D eigenvalue weighted by molar-refractivity contribution is -0.138. The maximum atomic E-state index is 13.7. The van der Waals surface area contributed by atoms with Crippen molar-refractivity contribution in [2.75, 3.05) is 52.4 Å². The fourth-order valence-corrected chi connectivity index (χ4v) is 6.42. The molecule has 2 aromatic carbocycles. The summed E-state index contributed by atoms with van der Waals surface area (Å²) >= 11 is 0. The Morgan fingerprint density at radius 2 is 1.23 bits per heavy atom. The molecule has 3 aromatic rings. The Bertz CT molecular complexity index is 1240. The largest absolute Gasteiger partial charge is 0.342 e. The molecule has 0 atom stereocenters. The molecule has 0 spiro atoms. The van der Waals surface area contributed by atoms with E-state index in [2.05, 4.69) is 15.1 Å². The van der Waals surface area contributed by atoms with Gasteiger partial charge in [-0.15, -0.1) is 0 Å². The summed E-state index contributed by atoms with van der Waals surface area (Å²) in [4.78, 5) is 38.2. The van der Waals surface area contributed by atoms with Crippen molar-refractivity contribution in [1.29, 1.82) is 0 Å². The van der Waals surface area contributed by atoms with Crippen LogP contribution in [0.3, 0.4) is 0 Å². The molecule has 2 amide bonds. The molecule has 0 saturated carbocycles. The molecular weight excluding hydrogens is 498 g/mol. The third-order valence-electron chi connectivity index (χ3n) is 8.79. The van der Waals surface area contributed by atoms with E-state index >= 15 is 0 Å². The van der Waals surface area contributed by atoms with Crippen molar-refractivity contribution in [3.8, 4) is 22.5 Å². The quantitative estimate of drug-likeness (QED) is 0.529. The summed E-state index contributed by atoms with van der Waals surface area (Å²) in [5.74, 6) is 0.626. The maximum absolute atomic E-state index is 13.7. The normalized spacial score (nSPS) is 19.5. The van der Waals surface area contributed by atoms with Crippen molar-refractivity contribution in [2.45, 2.75) is 31.7 Å². The molecule has 208 valence electrons. The number of aromatic nitrogens is 1. The van der Waals surface area contributed by atoms with E-state index in [1.165, 1.54) is 0 Å². The molecular formula is C33H39N5O2. The molecule has 3 fully saturated rings. The molecule has 0 bridgehead atoms. The van der Waals surface area contributed by atoms with E-state index in [0.29, 0.717) is 17.5 Å². The number of pyridine rings is 1. The lowest BCUT2D eigenvalue weighted by atomic mass is 9.94. The van der Waals surface area contributed by atoms with Gasteiger partial charge in [0.25, 0.3) is 5.91 Å². The van der Waals surface area contributed by atoms with Gasteiger partial charge in [0.05, 0.1) is 11.4 Å². The van der Waals surface area contributed by atoms with Gasteiger partial charge in [-0.2, -0.15) is 0 Å². The van der Waals surface area contributed by atoms with Crippen molar-refractivity contribution in [3.63, 3.8) is 0 Å². The van der Waals surface area contributed by atoms with Crippen LogP contribution in [0, 0.1) is 5.92 Å². The average Bonchev–Trinajstić information content (AvgIpc) is 3.05. The van der Waals surface area contributed by atoms with E-state index in [9.17, 15) is 9.59 Å². The summed E-state index contributed by atoms with van der Waals surface area (Å²) in [6, 6.07) is 24.5. The van der Waals surface area contributed by atoms with E-state index in [0.717, 1.165) is 101 Å². The lowest BCUT2D eigenvalue weighted by Gasteiger charge is -2.43. The monoisotopic (exact) mass is 537 g/mol. The Labute approximate surface area is 237 Å². The van der Waals surface area contributed by atoms with Crippen LogP contribution in [0.2, 0.25) is 0 Å². The minimum absolute atomic E-state index is 0.0683. The number of carbonyl (C=O) groups excluding carboxylic acids is 2. The first-order valence-electron chi connectivity index (χ1n) is 14.8. The number of carbonyl (C=O) groups is 2. The minimum Gasteiger partial charge on any atom is -0.342 e. The van der Waals surface area contributed by atoms with Crippen LogP contribution in [0.5, 0.6) is 0 Å². The third-order valence-corrected chi connectivity index (χ3v) is 8.79. The SMILES string of the molecule is O=C(c1cc(-c2ccccc2)nc(-c2ccccc2)c1)N1CCN(C2CCN(C(=O)C3CCNCC3)CC2)CC1. The first kappa shape index (κ1) is 26.7. The van der Waals surface area contributed by atoms with Gasteiger partial charge in [-0.3, -0.25) is 14.5 Å². The van der Waals surface area contributed by atoms with Crippen LogP contribution >= 0.6 is 0 Å². The van der Waals surface area contributed by atoms with Crippen LogP contribution in [-0.2, 0) is 4.79 Å². The van der Waals surface area contributed by atoms with Gasteiger partial charge in [0, 0.05) is 67.9 Å². The van der Waals surface area contributed by atoms with Crippen molar-refractivity contribution in [2.24, 2.45) is 5.92 Å². The first-order chi connectivity index (χ1) is 19.7. The Morgan fingerprint density at radius 1 is 0.675 bits per heavy atom. The summed E-state index contributed by atoms with van der Waals surface area (Å²) < 4.78 is 0. The Balaban J connectivity index is 1.09. The highest BCUT2D eigenvalue weighted by molar-refractivity contribution is 5.96. The second kappa shape index (κ2) is 12.3. The number of likely N-dealkylation sites (tertiary alicyclic amines) is 1. The Hall–Kier alpha value is -3.55. The van der Waals surface area contributed by atoms with Crippen LogP contribution in [-0.4, -0.2) is 89.9 Å². The minimum atomic E-state index is 0.0683. The van der Waals surface area contributed by atoms with E-state index in [-0.39, 0.29) is 11.8 Å². The van der Waals surface area contributed by atoms with Crippen molar-refractivity contribution in [1.82, 2.24) is 25.0 Å². The maximum Gasteiger partial charge on any atom is 0.254 e. The Kier molecular flexibility index (Phi) is 8.21. The number of benzene rings is 2. The number of nitrogens with zero attached hydrogens (tertiary/aromatic N) is 4.